The number of carbonyl (C=O) groups excluding carboxylic acids is 1. The van der Waals surface area contributed by atoms with Crippen LogP contribution in [-0.2, 0) is 0 Å². The average molecular weight is 201 g/mol. The first-order chi connectivity index (χ1) is 7.15. The van der Waals surface area contributed by atoms with Crippen LogP contribution < -0.4 is 0 Å². The molecule has 2 rings (SSSR count). The number of benzene rings is 1. The number of rotatable bonds is 2. The molecule has 0 fully saturated rings. The highest BCUT2D eigenvalue weighted by Gasteiger charge is 2.11. The van der Waals surface area contributed by atoms with Crippen molar-refractivity contribution in [2.45, 2.75) is 26.8 Å². The Morgan fingerprint density at radius 3 is 2.67 bits per heavy atom. The van der Waals surface area contributed by atoms with Crippen molar-refractivity contribution in [3.63, 3.8) is 0 Å². The molecule has 0 aliphatic rings. The first-order valence-electron chi connectivity index (χ1n) is 5.21. The third-order valence-corrected chi connectivity index (χ3v) is 2.77. The smallest absolute Gasteiger partial charge is 0.166 e. The lowest BCUT2D eigenvalue weighted by molar-refractivity contribution is 0.111. The van der Waals surface area contributed by atoms with E-state index < -0.39 is 0 Å². The molecule has 1 heterocycles. The van der Waals surface area contributed by atoms with Crippen molar-refractivity contribution in [2.24, 2.45) is 0 Å². The lowest BCUT2D eigenvalue weighted by Crippen LogP contribution is -2.04. The molecular formula is C13H15NO. The molecule has 78 valence electrons. The van der Waals surface area contributed by atoms with Gasteiger partial charge in [0.2, 0.25) is 0 Å². The van der Waals surface area contributed by atoms with E-state index in [-0.39, 0.29) is 0 Å². The summed E-state index contributed by atoms with van der Waals surface area (Å²) in [5.74, 6) is 0. The molecule has 1 aromatic heterocycles. The molecule has 0 spiro atoms. The predicted molar refractivity (Wildman–Crippen MR) is 62.4 cm³/mol. The third kappa shape index (κ3) is 1.46. The van der Waals surface area contributed by atoms with E-state index in [9.17, 15) is 4.79 Å². The van der Waals surface area contributed by atoms with Crippen LogP contribution in [0, 0.1) is 6.92 Å². The normalized spacial score (nSPS) is 11.2. The molecule has 2 aromatic rings. The minimum atomic E-state index is 0.310. The van der Waals surface area contributed by atoms with Crippen molar-refractivity contribution in [1.29, 1.82) is 0 Å². The Labute approximate surface area is 89.5 Å². The van der Waals surface area contributed by atoms with E-state index in [1.54, 1.807) is 0 Å². The minimum absolute atomic E-state index is 0.310. The molecule has 0 unspecified atom stereocenters. The highest BCUT2D eigenvalue weighted by molar-refractivity contribution is 5.91. The van der Waals surface area contributed by atoms with E-state index in [1.165, 1.54) is 10.9 Å². The highest BCUT2D eigenvalue weighted by Crippen LogP contribution is 2.25. The van der Waals surface area contributed by atoms with Gasteiger partial charge in [0, 0.05) is 16.9 Å². The fraction of sp³-hybridized carbons (Fsp3) is 0.308. The summed E-state index contributed by atoms with van der Waals surface area (Å²) in [7, 11) is 0. The molecule has 0 bridgehead atoms. The van der Waals surface area contributed by atoms with Gasteiger partial charge in [-0.15, -0.1) is 0 Å². The molecule has 1 aromatic carbocycles. The standard InChI is InChI=1S/C13H15NO/c1-9(2)14-11(8-15)7-12-10(3)5-4-6-13(12)14/h4-9H,1-3H3. The van der Waals surface area contributed by atoms with Gasteiger partial charge >= 0.3 is 0 Å². The molecule has 15 heavy (non-hydrogen) atoms. The summed E-state index contributed by atoms with van der Waals surface area (Å²) in [4.78, 5) is 11.0. The number of carbonyl (C=O) groups is 1. The van der Waals surface area contributed by atoms with Crippen LogP contribution in [0.4, 0.5) is 0 Å². The van der Waals surface area contributed by atoms with E-state index in [0.29, 0.717) is 6.04 Å². The monoisotopic (exact) mass is 201 g/mol. The van der Waals surface area contributed by atoms with Crippen molar-refractivity contribution >= 4 is 17.2 Å². The van der Waals surface area contributed by atoms with E-state index in [0.717, 1.165) is 17.5 Å². The van der Waals surface area contributed by atoms with Crippen LogP contribution in [0.25, 0.3) is 10.9 Å². The minimum Gasteiger partial charge on any atom is -0.336 e. The Bertz CT molecular complexity index is 508. The summed E-state index contributed by atoms with van der Waals surface area (Å²) >= 11 is 0. The van der Waals surface area contributed by atoms with E-state index in [2.05, 4.69) is 37.5 Å². The van der Waals surface area contributed by atoms with Gasteiger partial charge in [-0.05, 0) is 38.5 Å². The number of nitrogens with zero attached hydrogens (tertiary/aromatic N) is 1. The number of fused-ring (bicyclic) bond motifs is 1. The average Bonchev–Trinajstić information content (AvgIpc) is 2.57. The maximum Gasteiger partial charge on any atom is 0.166 e. The van der Waals surface area contributed by atoms with Gasteiger partial charge in [-0.25, -0.2) is 0 Å². The largest absolute Gasteiger partial charge is 0.336 e. The van der Waals surface area contributed by atoms with Crippen molar-refractivity contribution < 1.29 is 4.79 Å². The number of aldehydes is 1. The zero-order chi connectivity index (χ0) is 11.0. The van der Waals surface area contributed by atoms with Crippen molar-refractivity contribution in [1.82, 2.24) is 4.57 Å². The van der Waals surface area contributed by atoms with Crippen LogP contribution in [0.15, 0.2) is 24.3 Å². The second-order valence-corrected chi connectivity index (χ2v) is 4.16. The summed E-state index contributed by atoms with van der Waals surface area (Å²) in [6.07, 6.45) is 0.930. The van der Waals surface area contributed by atoms with Crippen molar-refractivity contribution in [2.75, 3.05) is 0 Å². The van der Waals surface area contributed by atoms with Crippen LogP contribution in [0.2, 0.25) is 0 Å². The van der Waals surface area contributed by atoms with Gasteiger partial charge in [0.15, 0.2) is 6.29 Å². The molecule has 2 heteroatoms. The Morgan fingerprint density at radius 2 is 2.07 bits per heavy atom. The fourth-order valence-corrected chi connectivity index (χ4v) is 2.09. The van der Waals surface area contributed by atoms with Gasteiger partial charge < -0.3 is 4.57 Å². The second kappa shape index (κ2) is 3.54. The zero-order valence-corrected chi connectivity index (χ0v) is 9.32. The van der Waals surface area contributed by atoms with Crippen LogP contribution >= 0.6 is 0 Å². The molecule has 2 nitrogen and oxygen atoms in total. The maximum atomic E-state index is 11.0. The van der Waals surface area contributed by atoms with Gasteiger partial charge in [-0.1, -0.05) is 12.1 Å². The Kier molecular flexibility index (Phi) is 2.35. The van der Waals surface area contributed by atoms with Gasteiger partial charge in [0.1, 0.15) is 0 Å². The summed E-state index contributed by atoms with van der Waals surface area (Å²) in [5.41, 5.74) is 3.12. The van der Waals surface area contributed by atoms with Gasteiger partial charge in [-0.3, -0.25) is 4.79 Å². The molecular weight excluding hydrogens is 186 g/mol. The molecule has 0 radical (unpaired) electrons. The van der Waals surface area contributed by atoms with Crippen LogP contribution in [0.5, 0.6) is 0 Å². The molecule has 0 aliphatic carbocycles. The number of hydrogen-bond donors (Lipinski definition) is 0. The third-order valence-electron chi connectivity index (χ3n) is 2.77. The maximum absolute atomic E-state index is 11.0. The van der Waals surface area contributed by atoms with Crippen molar-refractivity contribution in [3.8, 4) is 0 Å². The number of hydrogen-bond acceptors (Lipinski definition) is 1. The SMILES string of the molecule is Cc1cccc2c1cc(C=O)n2C(C)C. The number of aryl methyl sites for hydroxylation is 1. The van der Waals surface area contributed by atoms with Crippen molar-refractivity contribution in [3.05, 3.63) is 35.5 Å². The lowest BCUT2D eigenvalue weighted by Gasteiger charge is -2.11. The summed E-state index contributed by atoms with van der Waals surface area (Å²) < 4.78 is 2.08. The highest BCUT2D eigenvalue weighted by atomic mass is 16.1. The zero-order valence-electron chi connectivity index (χ0n) is 9.32. The predicted octanol–water partition coefficient (Wildman–Crippen LogP) is 3.34. The molecule has 0 N–H and O–H groups in total. The van der Waals surface area contributed by atoms with Crippen LogP contribution in [0.1, 0.15) is 35.9 Å². The molecule has 0 amide bonds. The molecule has 0 saturated heterocycles. The molecule has 0 aliphatic heterocycles. The Balaban J connectivity index is 2.86. The molecule has 0 saturated carbocycles. The summed E-state index contributed by atoms with van der Waals surface area (Å²) in [5, 5.41) is 1.17. The fourth-order valence-electron chi connectivity index (χ4n) is 2.09. The first kappa shape index (κ1) is 9.97. The Morgan fingerprint density at radius 1 is 1.33 bits per heavy atom. The number of aromatic nitrogens is 1. The van der Waals surface area contributed by atoms with Crippen LogP contribution in [-0.4, -0.2) is 10.9 Å². The van der Waals surface area contributed by atoms with E-state index in [4.69, 9.17) is 0 Å². The first-order valence-corrected chi connectivity index (χ1v) is 5.21. The topological polar surface area (TPSA) is 22.0 Å². The van der Waals surface area contributed by atoms with Gasteiger partial charge in [-0.2, -0.15) is 0 Å². The second-order valence-electron chi connectivity index (χ2n) is 4.16. The van der Waals surface area contributed by atoms with Gasteiger partial charge in [0.25, 0.3) is 0 Å². The lowest BCUT2D eigenvalue weighted by atomic mass is 10.1. The summed E-state index contributed by atoms with van der Waals surface area (Å²) in [6.45, 7) is 6.26. The molecule has 0 atom stereocenters. The Hall–Kier alpha value is -1.57. The van der Waals surface area contributed by atoms with E-state index >= 15 is 0 Å². The summed E-state index contributed by atoms with van der Waals surface area (Å²) in [6, 6.07) is 8.45. The quantitative estimate of drug-likeness (QED) is 0.683. The van der Waals surface area contributed by atoms with Crippen LogP contribution in [0.3, 0.4) is 0 Å². The van der Waals surface area contributed by atoms with Gasteiger partial charge in [0.05, 0.1) is 5.69 Å². The van der Waals surface area contributed by atoms with E-state index in [1.807, 2.05) is 12.1 Å².